The van der Waals surface area contributed by atoms with Crippen molar-refractivity contribution in [3.05, 3.63) is 34.1 Å². The number of benzene rings is 1. The fourth-order valence-corrected chi connectivity index (χ4v) is 3.64. The maximum Gasteiger partial charge on any atom is 0.228 e. The second-order valence-electron chi connectivity index (χ2n) is 4.13. The lowest BCUT2D eigenvalue weighted by atomic mass is 10.2. The average molecular weight is 323 g/mol. The van der Waals surface area contributed by atoms with E-state index in [9.17, 15) is 4.79 Å². The molecule has 0 spiro atoms. The summed E-state index contributed by atoms with van der Waals surface area (Å²) in [6.45, 7) is 0.785. The summed E-state index contributed by atoms with van der Waals surface area (Å²) in [6.07, 6.45) is 1.56. The molecule has 0 bridgehead atoms. The summed E-state index contributed by atoms with van der Waals surface area (Å²) < 4.78 is 0.975. The van der Waals surface area contributed by atoms with E-state index in [-0.39, 0.29) is 5.91 Å². The normalized spacial score (nSPS) is 15.4. The van der Waals surface area contributed by atoms with Crippen LogP contribution in [0.5, 0.6) is 0 Å². The Morgan fingerprint density at radius 2 is 2.06 bits per heavy atom. The fraction of sp³-hybridized carbons (Fsp3) is 0.231. The van der Waals surface area contributed by atoms with Crippen LogP contribution in [0, 0.1) is 0 Å². The van der Waals surface area contributed by atoms with E-state index >= 15 is 0 Å². The molecule has 0 N–H and O–H groups in total. The number of carbonyl (C=O) groups excluding carboxylic acids is 1. The van der Waals surface area contributed by atoms with E-state index in [0.717, 1.165) is 33.1 Å². The van der Waals surface area contributed by atoms with Crippen molar-refractivity contribution >= 4 is 38.3 Å². The number of hydrogen-bond donors (Lipinski definition) is 0. The number of nitrogens with zero attached hydrogens (tertiary/aromatic N) is 2. The molecule has 0 saturated carbocycles. The maximum atomic E-state index is 11.7. The van der Waals surface area contributed by atoms with Crippen molar-refractivity contribution in [3.8, 4) is 11.3 Å². The van der Waals surface area contributed by atoms with E-state index in [2.05, 4.69) is 20.9 Å². The minimum atomic E-state index is 0.177. The standard InChI is InChI=1S/C13H11BrN2OS/c14-12-11(9-5-2-1-3-6-9)15-13(18-12)16-8-4-7-10(16)17/h1-3,5-6H,4,7-8H2. The molecule has 1 aromatic heterocycles. The van der Waals surface area contributed by atoms with Gasteiger partial charge in [-0.3, -0.25) is 9.69 Å². The van der Waals surface area contributed by atoms with Gasteiger partial charge in [-0.15, -0.1) is 0 Å². The molecule has 1 amide bonds. The molecule has 2 aromatic rings. The first kappa shape index (κ1) is 11.9. The van der Waals surface area contributed by atoms with E-state index in [0.29, 0.717) is 6.42 Å². The SMILES string of the molecule is O=C1CCCN1c1nc(-c2ccccc2)c(Br)s1. The quantitative estimate of drug-likeness (QED) is 0.844. The van der Waals surface area contributed by atoms with E-state index in [1.807, 2.05) is 30.3 Å². The molecule has 0 unspecified atom stereocenters. The number of anilines is 1. The summed E-state index contributed by atoms with van der Waals surface area (Å²) in [5, 5.41) is 0.795. The van der Waals surface area contributed by atoms with Crippen LogP contribution in [0.25, 0.3) is 11.3 Å². The van der Waals surface area contributed by atoms with Gasteiger partial charge in [0, 0.05) is 18.5 Å². The molecule has 2 heterocycles. The molecule has 1 fully saturated rings. The van der Waals surface area contributed by atoms with Crippen molar-refractivity contribution in [2.45, 2.75) is 12.8 Å². The van der Waals surface area contributed by atoms with Crippen molar-refractivity contribution < 1.29 is 4.79 Å². The molecule has 0 radical (unpaired) electrons. The number of hydrogen-bond acceptors (Lipinski definition) is 3. The Morgan fingerprint density at radius 1 is 1.28 bits per heavy atom. The number of thiazole rings is 1. The third kappa shape index (κ3) is 2.08. The highest BCUT2D eigenvalue weighted by Gasteiger charge is 2.25. The van der Waals surface area contributed by atoms with E-state index in [1.54, 1.807) is 4.90 Å². The average Bonchev–Trinajstić information content (AvgIpc) is 2.96. The third-order valence-electron chi connectivity index (χ3n) is 2.93. The molecule has 1 aliphatic rings. The van der Waals surface area contributed by atoms with Gasteiger partial charge in [0.1, 0.15) is 0 Å². The van der Waals surface area contributed by atoms with Crippen LogP contribution in [0.15, 0.2) is 34.1 Å². The van der Waals surface area contributed by atoms with Gasteiger partial charge in [-0.2, -0.15) is 0 Å². The predicted octanol–water partition coefficient (Wildman–Crippen LogP) is 3.70. The molecule has 0 atom stereocenters. The first-order valence-corrected chi connectivity index (χ1v) is 7.39. The van der Waals surface area contributed by atoms with Gasteiger partial charge in [-0.05, 0) is 22.4 Å². The lowest BCUT2D eigenvalue weighted by Crippen LogP contribution is -2.23. The molecule has 0 aliphatic carbocycles. The smallest absolute Gasteiger partial charge is 0.228 e. The first-order chi connectivity index (χ1) is 8.75. The Bertz CT molecular complexity index is 582. The summed E-state index contributed by atoms with van der Waals surface area (Å²) in [4.78, 5) is 18.1. The van der Waals surface area contributed by atoms with E-state index < -0.39 is 0 Å². The minimum absolute atomic E-state index is 0.177. The number of aromatic nitrogens is 1. The fourth-order valence-electron chi connectivity index (χ4n) is 2.03. The molecule has 1 aromatic carbocycles. The Labute approximate surface area is 118 Å². The summed E-state index contributed by atoms with van der Waals surface area (Å²) in [6, 6.07) is 10.0. The van der Waals surface area contributed by atoms with Gasteiger partial charge in [0.05, 0.1) is 9.48 Å². The maximum absolute atomic E-state index is 11.7. The topological polar surface area (TPSA) is 33.2 Å². The minimum Gasteiger partial charge on any atom is -0.288 e. The van der Waals surface area contributed by atoms with Gasteiger partial charge in [0.2, 0.25) is 5.91 Å². The zero-order valence-electron chi connectivity index (χ0n) is 9.60. The largest absolute Gasteiger partial charge is 0.288 e. The highest BCUT2D eigenvalue weighted by Crippen LogP contribution is 2.38. The Kier molecular flexibility index (Phi) is 3.18. The molecule has 18 heavy (non-hydrogen) atoms. The molecular weight excluding hydrogens is 312 g/mol. The predicted molar refractivity (Wildman–Crippen MR) is 76.8 cm³/mol. The van der Waals surface area contributed by atoms with Gasteiger partial charge in [-0.1, -0.05) is 41.7 Å². The Morgan fingerprint density at radius 3 is 2.72 bits per heavy atom. The van der Waals surface area contributed by atoms with E-state index in [4.69, 9.17) is 0 Å². The van der Waals surface area contributed by atoms with Crippen LogP contribution >= 0.6 is 27.3 Å². The summed E-state index contributed by atoms with van der Waals surface area (Å²) >= 11 is 5.06. The zero-order chi connectivity index (χ0) is 12.5. The molecule has 3 rings (SSSR count). The van der Waals surface area contributed by atoms with Crippen molar-refractivity contribution in [1.82, 2.24) is 4.98 Å². The molecule has 92 valence electrons. The van der Waals surface area contributed by atoms with Crippen LogP contribution in [0.2, 0.25) is 0 Å². The highest BCUT2D eigenvalue weighted by atomic mass is 79.9. The monoisotopic (exact) mass is 322 g/mol. The number of amides is 1. The van der Waals surface area contributed by atoms with Gasteiger partial charge in [0.15, 0.2) is 5.13 Å². The van der Waals surface area contributed by atoms with Crippen molar-refractivity contribution in [2.75, 3.05) is 11.4 Å². The molecule has 3 nitrogen and oxygen atoms in total. The van der Waals surface area contributed by atoms with Gasteiger partial charge in [-0.25, -0.2) is 4.98 Å². The summed E-state index contributed by atoms with van der Waals surface area (Å²) in [5.41, 5.74) is 1.98. The van der Waals surface area contributed by atoms with Gasteiger partial charge in [0.25, 0.3) is 0 Å². The lowest BCUT2D eigenvalue weighted by Gasteiger charge is -2.10. The second kappa shape index (κ2) is 4.82. The van der Waals surface area contributed by atoms with Crippen LogP contribution in [-0.4, -0.2) is 17.4 Å². The number of halogens is 1. The van der Waals surface area contributed by atoms with Gasteiger partial charge >= 0.3 is 0 Å². The van der Waals surface area contributed by atoms with Gasteiger partial charge < -0.3 is 0 Å². The first-order valence-electron chi connectivity index (χ1n) is 5.78. The summed E-state index contributed by atoms with van der Waals surface area (Å²) in [7, 11) is 0. The highest BCUT2D eigenvalue weighted by molar-refractivity contribution is 9.11. The molecular formula is C13H11BrN2OS. The Balaban J connectivity index is 1.99. The molecule has 1 aliphatic heterocycles. The van der Waals surface area contributed by atoms with Crippen molar-refractivity contribution in [1.29, 1.82) is 0 Å². The summed E-state index contributed by atoms with van der Waals surface area (Å²) in [5.74, 6) is 0.177. The van der Waals surface area contributed by atoms with Crippen molar-refractivity contribution in [3.63, 3.8) is 0 Å². The van der Waals surface area contributed by atoms with E-state index in [1.165, 1.54) is 11.3 Å². The lowest BCUT2D eigenvalue weighted by molar-refractivity contribution is -0.117. The van der Waals surface area contributed by atoms with Crippen molar-refractivity contribution in [2.24, 2.45) is 0 Å². The molecule has 1 saturated heterocycles. The van der Waals surface area contributed by atoms with Crippen LogP contribution in [-0.2, 0) is 4.79 Å². The molecule has 5 heteroatoms. The number of carbonyl (C=O) groups is 1. The van der Waals surface area contributed by atoms with Crippen LogP contribution in [0.3, 0.4) is 0 Å². The van der Waals surface area contributed by atoms with Crippen LogP contribution < -0.4 is 4.90 Å². The van der Waals surface area contributed by atoms with Crippen LogP contribution in [0.1, 0.15) is 12.8 Å². The number of rotatable bonds is 2. The second-order valence-corrected chi connectivity index (χ2v) is 6.43. The zero-order valence-corrected chi connectivity index (χ0v) is 12.0. The third-order valence-corrected chi connectivity index (χ3v) is 4.65. The Hall–Kier alpha value is -1.20. The van der Waals surface area contributed by atoms with Crippen LogP contribution in [0.4, 0.5) is 5.13 Å².